The van der Waals surface area contributed by atoms with Crippen molar-refractivity contribution in [2.24, 2.45) is 0 Å². The molecule has 0 radical (unpaired) electrons. The molecule has 2 nitrogen and oxygen atoms in total. The molecule has 0 bridgehead atoms. The molecule has 2 heteroatoms. The fourth-order valence-electron chi connectivity index (χ4n) is 6.43. The van der Waals surface area contributed by atoms with Crippen LogP contribution in [-0.4, -0.2) is 0 Å². The van der Waals surface area contributed by atoms with Crippen molar-refractivity contribution in [1.29, 1.82) is 0 Å². The normalized spacial score (nSPS) is 12.2. The van der Waals surface area contributed by atoms with Crippen molar-refractivity contribution in [3.05, 3.63) is 83.9 Å². The van der Waals surface area contributed by atoms with Gasteiger partial charge in [-0.25, -0.2) is 0 Å². The summed E-state index contributed by atoms with van der Waals surface area (Å²) in [5.74, 6) is 0. The first-order valence-corrected chi connectivity index (χ1v) is 15.4. The number of hydrogen-bond acceptors (Lipinski definition) is 2. The smallest absolute Gasteiger partial charge is 0.136 e. The largest absolute Gasteiger partial charge is 0.456 e. The van der Waals surface area contributed by atoms with Crippen molar-refractivity contribution in [3.8, 4) is 0 Å². The number of hydrogen-bond donors (Lipinski definition) is 0. The highest BCUT2D eigenvalue weighted by Crippen LogP contribution is 2.39. The molecule has 202 valence electrons. The zero-order valence-corrected chi connectivity index (χ0v) is 23.8. The zero-order valence-electron chi connectivity index (χ0n) is 23.8. The van der Waals surface area contributed by atoms with Crippen LogP contribution in [0.5, 0.6) is 0 Å². The molecule has 7 rings (SSSR count). The molecule has 0 aliphatic heterocycles. The van der Waals surface area contributed by atoms with Crippen LogP contribution in [0.15, 0.2) is 81.6 Å². The van der Waals surface area contributed by atoms with E-state index in [0.29, 0.717) is 0 Å². The molecule has 0 atom stereocenters. The molecule has 0 saturated heterocycles. The van der Waals surface area contributed by atoms with Crippen molar-refractivity contribution in [1.82, 2.24) is 0 Å². The number of furan rings is 2. The maximum atomic E-state index is 6.46. The average Bonchev–Trinajstić information content (AvgIpc) is 3.49. The molecule has 0 aliphatic carbocycles. The van der Waals surface area contributed by atoms with Crippen LogP contribution in [0.25, 0.3) is 65.4 Å². The summed E-state index contributed by atoms with van der Waals surface area (Å²) in [6, 6.07) is 27.1. The van der Waals surface area contributed by atoms with E-state index in [1.54, 1.807) is 0 Å². The molecule has 0 unspecified atom stereocenters. The highest BCUT2D eigenvalue weighted by atomic mass is 16.3. The number of fused-ring (bicyclic) bond motifs is 8. The summed E-state index contributed by atoms with van der Waals surface area (Å²) in [7, 11) is 0. The van der Waals surface area contributed by atoms with Crippen LogP contribution in [0.1, 0.15) is 76.3 Å². The second kappa shape index (κ2) is 10.7. The van der Waals surface area contributed by atoms with E-state index < -0.39 is 0 Å². The fourth-order valence-corrected chi connectivity index (χ4v) is 6.43. The first-order chi connectivity index (χ1) is 19.7. The second-order valence-corrected chi connectivity index (χ2v) is 11.7. The van der Waals surface area contributed by atoms with Gasteiger partial charge in [0.1, 0.15) is 22.3 Å². The molecule has 5 aromatic carbocycles. The number of unbranched alkanes of at least 4 members (excludes halogenated alkanes) is 6. The summed E-state index contributed by atoms with van der Waals surface area (Å²) in [5.41, 5.74) is 6.54. The molecule has 0 saturated carbocycles. The Morgan fingerprint density at radius 1 is 0.400 bits per heavy atom. The Morgan fingerprint density at radius 3 is 1.40 bits per heavy atom. The van der Waals surface area contributed by atoms with Crippen LogP contribution in [0.4, 0.5) is 0 Å². The van der Waals surface area contributed by atoms with Crippen molar-refractivity contribution in [3.63, 3.8) is 0 Å². The molecule has 0 N–H and O–H groups in total. The standard InChI is InChI=1S/C38H38O2/c1-3-5-7-8-9-10-12-26-14-16-28-20-32-34-24-37-33(23-38(34)40-36(32)22-30(28)18-26)31-19-27-15-13-25(11-6-4-2)17-29(27)21-35(31)39-37/h13-24H,3-12H2,1-2H3. The van der Waals surface area contributed by atoms with Gasteiger partial charge in [-0.1, -0.05) is 88.8 Å². The van der Waals surface area contributed by atoms with E-state index in [1.165, 1.54) is 84.0 Å². The lowest BCUT2D eigenvalue weighted by atomic mass is 10.00. The molecule has 0 spiro atoms. The first-order valence-electron chi connectivity index (χ1n) is 15.4. The van der Waals surface area contributed by atoms with Gasteiger partial charge in [0.2, 0.25) is 0 Å². The van der Waals surface area contributed by atoms with Gasteiger partial charge in [-0.05, 0) is 94.8 Å². The quantitative estimate of drug-likeness (QED) is 0.166. The Hall–Kier alpha value is -3.78. The SMILES string of the molecule is CCCCCCCCc1ccc2cc3c(cc2c1)oc1cc2c(cc13)oc1cc3cc(CCCC)ccc3cc12. The van der Waals surface area contributed by atoms with Gasteiger partial charge in [-0.15, -0.1) is 0 Å². The summed E-state index contributed by atoms with van der Waals surface area (Å²) in [6.45, 7) is 4.52. The third-order valence-corrected chi connectivity index (χ3v) is 8.75. The summed E-state index contributed by atoms with van der Waals surface area (Å²) < 4.78 is 12.9. The topological polar surface area (TPSA) is 26.3 Å². The van der Waals surface area contributed by atoms with E-state index in [0.717, 1.165) is 56.7 Å². The molecule has 0 fully saturated rings. The third kappa shape index (κ3) is 4.64. The highest BCUT2D eigenvalue weighted by molar-refractivity contribution is 6.18. The Bertz CT molecular complexity index is 1980. The molecule has 2 aromatic heterocycles. The average molecular weight is 527 g/mol. The highest BCUT2D eigenvalue weighted by Gasteiger charge is 2.15. The van der Waals surface area contributed by atoms with Crippen molar-refractivity contribution in [2.45, 2.75) is 78.1 Å². The maximum Gasteiger partial charge on any atom is 0.136 e. The molecule has 0 amide bonds. The van der Waals surface area contributed by atoms with Crippen molar-refractivity contribution in [2.75, 3.05) is 0 Å². The second-order valence-electron chi connectivity index (χ2n) is 11.7. The van der Waals surface area contributed by atoms with Crippen molar-refractivity contribution >= 4 is 65.4 Å². The van der Waals surface area contributed by atoms with Gasteiger partial charge in [0.05, 0.1) is 0 Å². The van der Waals surface area contributed by atoms with Crippen molar-refractivity contribution < 1.29 is 8.83 Å². The number of rotatable bonds is 10. The lowest BCUT2D eigenvalue weighted by molar-refractivity contribution is 0.607. The van der Waals surface area contributed by atoms with Crippen LogP contribution < -0.4 is 0 Å². The van der Waals surface area contributed by atoms with Crippen LogP contribution >= 0.6 is 0 Å². The van der Waals surface area contributed by atoms with Gasteiger partial charge >= 0.3 is 0 Å². The van der Waals surface area contributed by atoms with Gasteiger partial charge < -0.3 is 8.83 Å². The molecule has 2 heterocycles. The first kappa shape index (κ1) is 25.2. The number of benzene rings is 5. The summed E-state index contributed by atoms with van der Waals surface area (Å²) in [5, 5.41) is 9.55. The minimum Gasteiger partial charge on any atom is -0.456 e. The minimum absolute atomic E-state index is 0.918. The monoisotopic (exact) mass is 526 g/mol. The van der Waals surface area contributed by atoms with E-state index in [4.69, 9.17) is 8.83 Å². The van der Waals surface area contributed by atoms with Gasteiger partial charge in [-0.3, -0.25) is 0 Å². The molecule has 7 aromatic rings. The summed E-state index contributed by atoms with van der Waals surface area (Å²) in [4.78, 5) is 0. The van der Waals surface area contributed by atoms with Gasteiger partial charge in [-0.2, -0.15) is 0 Å². The molecule has 0 aliphatic rings. The summed E-state index contributed by atoms with van der Waals surface area (Å²) >= 11 is 0. The van der Waals surface area contributed by atoms with Crippen LogP contribution in [0.2, 0.25) is 0 Å². The maximum absolute atomic E-state index is 6.46. The predicted octanol–water partition coefficient (Wildman–Crippen LogP) is 12.0. The van der Waals surface area contributed by atoms with E-state index in [9.17, 15) is 0 Å². The third-order valence-electron chi connectivity index (χ3n) is 8.75. The molecular formula is C38H38O2. The van der Waals surface area contributed by atoms with Gasteiger partial charge in [0.25, 0.3) is 0 Å². The van der Waals surface area contributed by atoms with Gasteiger partial charge in [0, 0.05) is 21.5 Å². The Morgan fingerprint density at radius 2 is 0.850 bits per heavy atom. The Kier molecular flexibility index (Phi) is 6.71. The van der Waals surface area contributed by atoms with E-state index in [2.05, 4.69) is 86.6 Å². The fraction of sp³-hybridized carbons (Fsp3) is 0.316. The Balaban J connectivity index is 1.24. The Labute approximate surface area is 235 Å². The van der Waals surface area contributed by atoms with Crippen LogP contribution in [-0.2, 0) is 12.8 Å². The zero-order chi connectivity index (χ0) is 27.1. The van der Waals surface area contributed by atoms with E-state index in [-0.39, 0.29) is 0 Å². The van der Waals surface area contributed by atoms with Crippen LogP contribution in [0.3, 0.4) is 0 Å². The molecule has 40 heavy (non-hydrogen) atoms. The summed E-state index contributed by atoms with van der Waals surface area (Å²) in [6.07, 6.45) is 12.7. The number of aryl methyl sites for hydroxylation is 2. The minimum atomic E-state index is 0.918. The lowest BCUT2D eigenvalue weighted by Gasteiger charge is -2.05. The predicted molar refractivity (Wildman–Crippen MR) is 172 cm³/mol. The lowest BCUT2D eigenvalue weighted by Crippen LogP contribution is -1.87. The molecular weight excluding hydrogens is 488 g/mol. The van der Waals surface area contributed by atoms with Crippen LogP contribution in [0, 0.1) is 0 Å². The van der Waals surface area contributed by atoms with E-state index in [1.807, 2.05) is 0 Å². The van der Waals surface area contributed by atoms with E-state index >= 15 is 0 Å². The van der Waals surface area contributed by atoms with Gasteiger partial charge in [0.15, 0.2) is 0 Å².